The van der Waals surface area contributed by atoms with E-state index in [0.717, 1.165) is 18.8 Å². The maximum Gasteiger partial charge on any atom is 0.297 e. The van der Waals surface area contributed by atoms with E-state index in [0.29, 0.717) is 18.1 Å². The summed E-state index contributed by atoms with van der Waals surface area (Å²) in [6.45, 7) is 9.56. The van der Waals surface area contributed by atoms with Crippen molar-refractivity contribution in [3.05, 3.63) is 24.6 Å². The molecule has 4 nitrogen and oxygen atoms in total. The Kier molecular flexibility index (Phi) is 3.84. The summed E-state index contributed by atoms with van der Waals surface area (Å²) >= 11 is 0. The van der Waals surface area contributed by atoms with Crippen LogP contribution in [0.2, 0.25) is 0 Å². The van der Waals surface area contributed by atoms with Crippen LogP contribution in [0.1, 0.15) is 32.4 Å². The Morgan fingerprint density at radius 1 is 1.65 bits per heavy atom. The fraction of sp³-hybridized carbons (Fsp3) is 0.615. The number of hydrogen-bond acceptors (Lipinski definition) is 4. The molecule has 0 aromatic carbocycles. The molecule has 0 amide bonds. The van der Waals surface area contributed by atoms with Gasteiger partial charge in [0, 0.05) is 25.2 Å². The molecule has 2 rings (SSSR count). The highest BCUT2D eigenvalue weighted by molar-refractivity contribution is 5.29. The number of rotatable bonds is 7. The summed E-state index contributed by atoms with van der Waals surface area (Å²) < 4.78 is 5.52. The van der Waals surface area contributed by atoms with Crippen LogP contribution in [0.25, 0.3) is 0 Å². The molecule has 0 unspecified atom stereocenters. The van der Waals surface area contributed by atoms with Gasteiger partial charge in [0.1, 0.15) is 6.26 Å². The molecule has 0 spiro atoms. The van der Waals surface area contributed by atoms with Crippen molar-refractivity contribution in [2.24, 2.45) is 0 Å². The van der Waals surface area contributed by atoms with Gasteiger partial charge in [0.25, 0.3) is 6.01 Å². The van der Waals surface area contributed by atoms with Crippen LogP contribution in [-0.4, -0.2) is 23.6 Å². The molecule has 0 saturated heterocycles. The molecule has 1 aromatic heterocycles. The number of aromatic nitrogens is 1. The van der Waals surface area contributed by atoms with Gasteiger partial charge in [-0.2, -0.15) is 4.98 Å². The smallest absolute Gasteiger partial charge is 0.297 e. The van der Waals surface area contributed by atoms with Crippen LogP contribution in [0, 0.1) is 0 Å². The lowest BCUT2D eigenvalue weighted by atomic mass is 10.3. The van der Waals surface area contributed by atoms with Crippen LogP contribution in [-0.2, 0) is 6.54 Å². The predicted molar refractivity (Wildman–Crippen MR) is 69.0 cm³/mol. The van der Waals surface area contributed by atoms with Crippen LogP contribution < -0.4 is 10.2 Å². The van der Waals surface area contributed by atoms with E-state index in [-0.39, 0.29) is 0 Å². The summed E-state index contributed by atoms with van der Waals surface area (Å²) in [5.41, 5.74) is 0.974. The topological polar surface area (TPSA) is 41.3 Å². The van der Waals surface area contributed by atoms with E-state index in [4.69, 9.17) is 4.42 Å². The summed E-state index contributed by atoms with van der Waals surface area (Å²) in [5, 5.41) is 3.43. The van der Waals surface area contributed by atoms with Crippen molar-refractivity contribution in [1.82, 2.24) is 10.3 Å². The van der Waals surface area contributed by atoms with E-state index in [2.05, 4.69) is 35.6 Å². The third-order valence-electron chi connectivity index (χ3n) is 2.88. The molecule has 0 atom stereocenters. The van der Waals surface area contributed by atoms with Gasteiger partial charge in [-0.15, -0.1) is 6.58 Å². The van der Waals surface area contributed by atoms with Gasteiger partial charge in [-0.05, 0) is 26.7 Å². The molecule has 0 bridgehead atoms. The largest absolute Gasteiger partial charge is 0.432 e. The molecule has 1 heterocycles. The molecular formula is C13H21N3O. The van der Waals surface area contributed by atoms with Gasteiger partial charge in [0.05, 0.1) is 5.69 Å². The highest BCUT2D eigenvalue weighted by Gasteiger charge is 2.21. The summed E-state index contributed by atoms with van der Waals surface area (Å²) in [6, 6.07) is 1.74. The first-order valence-electron chi connectivity index (χ1n) is 6.26. The lowest BCUT2D eigenvalue weighted by Gasteiger charge is -2.22. The zero-order chi connectivity index (χ0) is 12.3. The van der Waals surface area contributed by atoms with Gasteiger partial charge in [-0.3, -0.25) is 0 Å². The predicted octanol–water partition coefficient (Wildman–Crippen LogP) is 2.33. The van der Waals surface area contributed by atoms with Gasteiger partial charge < -0.3 is 14.6 Å². The second kappa shape index (κ2) is 5.36. The number of nitrogens with zero attached hydrogens (tertiary/aromatic N) is 2. The van der Waals surface area contributed by atoms with Gasteiger partial charge in [0.15, 0.2) is 0 Å². The lowest BCUT2D eigenvalue weighted by molar-refractivity contribution is 0.520. The van der Waals surface area contributed by atoms with Gasteiger partial charge >= 0.3 is 0 Å². The maximum atomic E-state index is 5.52. The van der Waals surface area contributed by atoms with Crippen molar-refractivity contribution in [2.75, 3.05) is 11.4 Å². The van der Waals surface area contributed by atoms with E-state index in [1.165, 1.54) is 12.8 Å². The first-order chi connectivity index (χ1) is 8.20. The van der Waals surface area contributed by atoms with Crippen LogP contribution in [0.15, 0.2) is 23.3 Å². The summed E-state index contributed by atoms with van der Waals surface area (Å²) in [5.74, 6) is 0. The van der Waals surface area contributed by atoms with Crippen molar-refractivity contribution >= 4 is 6.01 Å². The second-order valence-corrected chi connectivity index (χ2v) is 4.81. The SMILES string of the molecule is C=CCN(c1nc(CNC2CC2)co1)C(C)C. The Morgan fingerprint density at radius 3 is 3.00 bits per heavy atom. The van der Waals surface area contributed by atoms with Crippen LogP contribution >= 0.6 is 0 Å². The van der Waals surface area contributed by atoms with Crippen molar-refractivity contribution in [3.8, 4) is 0 Å². The molecule has 0 aliphatic heterocycles. The van der Waals surface area contributed by atoms with Gasteiger partial charge in [-0.25, -0.2) is 0 Å². The first kappa shape index (κ1) is 12.2. The van der Waals surface area contributed by atoms with E-state index >= 15 is 0 Å². The van der Waals surface area contributed by atoms with E-state index in [1.807, 2.05) is 6.08 Å². The Bertz CT molecular complexity index is 368. The molecular weight excluding hydrogens is 214 g/mol. The number of anilines is 1. The molecule has 1 aromatic rings. The van der Waals surface area contributed by atoms with Crippen molar-refractivity contribution in [3.63, 3.8) is 0 Å². The first-order valence-corrected chi connectivity index (χ1v) is 6.26. The van der Waals surface area contributed by atoms with Crippen molar-refractivity contribution in [1.29, 1.82) is 0 Å². The molecule has 1 aliphatic rings. The summed E-state index contributed by atoms with van der Waals surface area (Å²) in [7, 11) is 0. The standard InChI is InChI=1S/C13H21N3O/c1-4-7-16(10(2)3)13-15-12(9-17-13)8-14-11-5-6-11/h4,9-11,14H,1,5-8H2,2-3H3. The Morgan fingerprint density at radius 2 is 2.41 bits per heavy atom. The average Bonchev–Trinajstić information content (AvgIpc) is 3.01. The molecule has 1 saturated carbocycles. The molecule has 0 radical (unpaired) electrons. The van der Waals surface area contributed by atoms with Crippen molar-refractivity contribution in [2.45, 2.75) is 45.3 Å². The van der Waals surface area contributed by atoms with E-state index in [9.17, 15) is 0 Å². The molecule has 94 valence electrons. The Balaban J connectivity index is 1.96. The number of hydrogen-bond donors (Lipinski definition) is 1. The Labute approximate surface area is 103 Å². The summed E-state index contributed by atoms with van der Waals surface area (Å²) in [6.07, 6.45) is 6.19. The van der Waals surface area contributed by atoms with E-state index < -0.39 is 0 Å². The third kappa shape index (κ3) is 3.33. The minimum absolute atomic E-state index is 0.357. The Hall–Kier alpha value is -1.29. The molecule has 1 fully saturated rings. The highest BCUT2D eigenvalue weighted by atomic mass is 16.4. The number of oxazole rings is 1. The van der Waals surface area contributed by atoms with Gasteiger partial charge in [0.2, 0.25) is 0 Å². The molecule has 1 aliphatic carbocycles. The zero-order valence-electron chi connectivity index (χ0n) is 10.6. The van der Waals surface area contributed by atoms with Crippen LogP contribution in [0.5, 0.6) is 0 Å². The fourth-order valence-electron chi connectivity index (χ4n) is 1.69. The quantitative estimate of drug-likeness (QED) is 0.736. The fourth-order valence-corrected chi connectivity index (χ4v) is 1.69. The van der Waals surface area contributed by atoms with Crippen LogP contribution in [0.4, 0.5) is 6.01 Å². The average molecular weight is 235 g/mol. The third-order valence-corrected chi connectivity index (χ3v) is 2.88. The number of nitrogens with one attached hydrogen (secondary N) is 1. The monoisotopic (exact) mass is 235 g/mol. The normalized spacial score (nSPS) is 15.2. The van der Waals surface area contributed by atoms with Crippen LogP contribution in [0.3, 0.4) is 0 Å². The summed E-state index contributed by atoms with van der Waals surface area (Å²) in [4.78, 5) is 6.59. The highest BCUT2D eigenvalue weighted by Crippen LogP contribution is 2.20. The zero-order valence-corrected chi connectivity index (χ0v) is 10.6. The van der Waals surface area contributed by atoms with E-state index in [1.54, 1.807) is 6.26 Å². The molecule has 4 heteroatoms. The molecule has 17 heavy (non-hydrogen) atoms. The minimum atomic E-state index is 0.357. The second-order valence-electron chi connectivity index (χ2n) is 4.81. The van der Waals surface area contributed by atoms with Crippen molar-refractivity contribution < 1.29 is 4.42 Å². The van der Waals surface area contributed by atoms with Gasteiger partial charge in [-0.1, -0.05) is 6.08 Å². The maximum absolute atomic E-state index is 5.52. The minimum Gasteiger partial charge on any atom is -0.432 e. The lowest BCUT2D eigenvalue weighted by Crippen LogP contribution is -2.31. The molecule has 1 N–H and O–H groups in total.